The molecule has 1 amide bonds. The van der Waals surface area contributed by atoms with E-state index in [9.17, 15) is 4.79 Å². The topological polar surface area (TPSA) is 67.8 Å². The third-order valence-corrected chi connectivity index (χ3v) is 5.37. The Hall–Kier alpha value is -1.64. The molecule has 3 aromatic rings. The van der Waals surface area contributed by atoms with Crippen LogP contribution in [0.4, 0.5) is 5.13 Å². The van der Waals surface area contributed by atoms with Crippen LogP contribution in [0, 0.1) is 0 Å². The van der Waals surface area contributed by atoms with E-state index in [-0.39, 0.29) is 5.91 Å². The second-order valence-electron chi connectivity index (χ2n) is 4.60. The maximum absolute atomic E-state index is 12.2. The van der Waals surface area contributed by atoms with Gasteiger partial charge in [-0.3, -0.25) is 10.1 Å². The van der Waals surface area contributed by atoms with Crippen LogP contribution in [0.15, 0.2) is 22.2 Å². The number of hydrogen-bond donors (Lipinski definition) is 1. The van der Waals surface area contributed by atoms with Gasteiger partial charge in [0.15, 0.2) is 0 Å². The van der Waals surface area contributed by atoms with E-state index in [1.165, 1.54) is 22.7 Å². The minimum Gasteiger partial charge on any atom is -0.295 e. The van der Waals surface area contributed by atoms with E-state index in [2.05, 4.69) is 20.5 Å². The summed E-state index contributed by atoms with van der Waals surface area (Å²) >= 11 is 4.46. The van der Waals surface area contributed by atoms with Gasteiger partial charge in [-0.05, 0) is 11.4 Å². The fourth-order valence-electron chi connectivity index (χ4n) is 1.58. The van der Waals surface area contributed by atoms with Crippen molar-refractivity contribution in [3.05, 3.63) is 32.9 Å². The number of thiazole rings is 1. The van der Waals surface area contributed by atoms with Crippen LogP contribution >= 0.6 is 34.0 Å². The standard InChI is InChI=1S/C13H12N4OS3/c1-7(2)11-16-17-13(21-11)15-10(18)9-6-20-12(14-9)8-3-4-19-5-8/h3-7H,1-2H3,(H,15,17,18). The zero-order chi connectivity index (χ0) is 14.8. The molecule has 5 nitrogen and oxygen atoms in total. The molecule has 3 heterocycles. The van der Waals surface area contributed by atoms with E-state index >= 15 is 0 Å². The third kappa shape index (κ3) is 3.17. The largest absolute Gasteiger partial charge is 0.295 e. The smallest absolute Gasteiger partial charge is 0.276 e. The second kappa shape index (κ2) is 6.00. The van der Waals surface area contributed by atoms with Crippen LogP contribution in [-0.2, 0) is 0 Å². The lowest BCUT2D eigenvalue weighted by Crippen LogP contribution is -2.12. The van der Waals surface area contributed by atoms with E-state index in [4.69, 9.17) is 0 Å². The van der Waals surface area contributed by atoms with Crippen molar-refractivity contribution in [2.45, 2.75) is 19.8 Å². The summed E-state index contributed by atoms with van der Waals surface area (Å²) in [6.45, 7) is 4.08. The van der Waals surface area contributed by atoms with Gasteiger partial charge in [-0.1, -0.05) is 25.2 Å². The Balaban J connectivity index is 1.73. The molecule has 0 bridgehead atoms. The van der Waals surface area contributed by atoms with Crippen molar-refractivity contribution < 1.29 is 4.79 Å². The monoisotopic (exact) mass is 336 g/mol. The predicted octanol–water partition coefficient (Wildman–Crippen LogP) is 4.10. The number of nitrogens with one attached hydrogen (secondary N) is 1. The minimum atomic E-state index is -0.251. The molecule has 0 aliphatic rings. The summed E-state index contributed by atoms with van der Waals surface area (Å²) in [5.74, 6) is 0.0526. The first-order valence-electron chi connectivity index (χ1n) is 6.26. The van der Waals surface area contributed by atoms with Gasteiger partial charge in [0.1, 0.15) is 15.7 Å². The van der Waals surface area contributed by atoms with Crippen LogP contribution in [0.1, 0.15) is 35.3 Å². The molecule has 0 unspecified atom stereocenters. The van der Waals surface area contributed by atoms with Crippen LogP contribution in [0.25, 0.3) is 10.6 Å². The van der Waals surface area contributed by atoms with Crippen LogP contribution in [0.5, 0.6) is 0 Å². The molecule has 0 aliphatic heterocycles. The highest BCUT2D eigenvalue weighted by atomic mass is 32.1. The van der Waals surface area contributed by atoms with Gasteiger partial charge in [-0.25, -0.2) is 4.98 Å². The first kappa shape index (κ1) is 14.3. The summed E-state index contributed by atoms with van der Waals surface area (Å²) in [5, 5.41) is 18.8. The molecule has 0 radical (unpaired) electrons. The second-order valence-corrected chi connectivity index (χ2v) is 7.25. The van der Waals surface area contributed by atoms with Crippen molar-refractivity contribution in [3.63, 3.8) is 0 Å². The van der Waals surface area contributed by atoms with Crippen molar-refractivity contribution in [2.24, 2.45) is 0 Å². The zero-order valence-corrected chi connectivity index (χ0v) is 13.8. The number of anilines is 1. The average molecular weight is 336 g/mol. The predicted molar refractivity (Wildman–Crippen MR) is 87.4 cm³/mol. The number of nitrogens with zero attached hydrogens (tertiary/aromatic N) is 3. The number of carbonyl (C=O) groups is 1. The average Bonchev–Trinajstić information content (AvgIpc) is 3.19. The van der Waals surface area contributed by atoms with Gasteiger partial charge >= 0.3 is 0 Å². The molecule has 108 valence electrons. The van der Waals surface area contributed by atoms with E-state index in [0.29, 0.717) is 16.7 Å². The first-order chi connectivity index (χ1) is 10.1. The molecule has 0 saturated carbocycles. The lowest BCUT2D eigenvalue weighted by atomic mass is 10.2. The zero-order valence-electron chi connectivity index (χ0n) is 11.4. The molecule has 0 fully saturated rings. The van der Waals surface area contributed by atoms with Gasteiger partial charge < -0.3 is 0 Å². The summed E-state index contributed by atoms with van der Waals surface area (Å²) in [6.07, 6.45) is 0. The van der Waals surface area contributed by atoms with E-state index in [1.54, 1.807) is 16.7 Å². The third-order valence-electron chi connectivity index (χ3n) is 2.66. The molecule has 0 aromatic carbocycles. The Morgan fingerprint density at radius 1 is 1.29 bits per heavy atom. The van der Waals surface area contributed by atoms with Crippen LogP contribution in [0.2, 0.25) is 0 Å². The first-order valence-corrected chi connectivity index (χ1v) is 8.90. The van der Waals surface area contributed by atoms with Crippen molar-refractivity contribution in [1.29, 1.82) is 0 Å². The number of amides is 1. The molecule has 3 aromatic heterocycles. The van der Waals surface area contributed by atoms with Gasteiger partial charge in [-0.2, -0.15) is 11.3 Å². The van der Waals surface area contributed by atoms with E-state index in [1.807, 2.05) is 30.7 Å². The number of hydrogen-bond acceptors (Lipinski definition) is 7. The Kier molecular flexibility index (Phi) is 4.09. The van der Waals surface area contributed by atoms with Gasteiger partial charge in [-0.15, -0.1) is 21.5 Å². The summed E-state index contributed by atoms with van der Waals surface area (Å²) in [5.41, 5.74) is 1.45. The maximum atomic E-state index is 12.2. The maximum Gasteiger partial charge on any atom is 0.276 e. The lowest BCUT2D eigenvalue weighted by Gasteiger charge is -1.97. The van der Waals surface area contributed by atoms with Crippen LogP contribution in [-0.4, -0.2) is 21.1 Å². The highest BCUT2D eigenvalue weighted by Crippen LogP contribution is 2.27. The number of thiophene rings is 1. The quantitative estimate of drug-likeness (QED) is 0.779. The fraction of sp³-hybridized carbons (Fsp3) is 0.231. The van der Waals surface area contributed by atoms with Gasteiger partial charge in [0.2, 0.25) is 5.13 Å². The van der Waals surface area contributed by atoms with Gasteiger partial charge in [0, 0.05) is 22.2 Å². The Morgan fingerprint density at radius 3 is 2.81 bits per heavy atom. The summed E-state index contributed by atoms with van der Waals surface area (Å²) < 4.78 is 0. The molecular formula is C13H12N4OS3. The molecule has 3 rings (SSSR count). The van der Waals surface area contributed by atoms with Crippen molar-refractivity contribution in [1.82, 2.24) is 15.2 Å². The number of aromatic nitrogens is 3. The summed E-state index contributed by atoms with van der Waals surface area (Å²) in [6, 6.07) is 1.99. The lowest BCUT2D eigenvalue weighted by molar-refractivity contribution is 0.102. The van der Waals surface area contributed by atoms with Crippen molar-refractivity contribution in [3.8, 4) is 10.6 Å². The minimum absolute atomic E-state index is 0.251. The number of carbonyl (C=O) groups excluding carboxylic acids is 1. The Labute approximate surface area is 133 Å². The van der Waals surface area contributed by atoms with E-state index in [0.717, 1.165) is 15.6 Å². The Bertz CT molecular complexity index is 745. The van der Waals surface area contributed by atoms with Gasteiger partial charge in [0.05, 0.1) is 0 Å². The molecule has 0 spiro atoms. The van der Waals surface area contributed by atoms with Crippen LogP contribution in [0.3, 0.4) is 0 Å². The van der Waals surface area contributed by atoms with Crippen LogP contribution < -0.4 is 5.32 Å². The van der Waals surface area contributed by atoms with E-state index < -0.39 is 0 Å². The highest BCUT2D eigenvalue weighted by molar-refractivity contribution is 7.15. The normalized spacial score (nSPS) is 11.0. The highest BCUT2D eigenvalue weighted by Gasteiger charge is 2.15. The molecule has 8 heteroatoms. The number of rotatable bonds is 4. The molecular weight excluding hydrogens is 324 g/mol. The SMILES string of the molecule is CC(C)c1nnc(NC(=O)c2csc(-c3ccsc3)n2)s1. The summed E-state index contributed by atoms with van der Waals surface area (Å²) in [4.78, 5) is 16.5. The molecule has 21 heavy (non-hydrogen) atoms. The molecule has 0 saturated heterocycles. The molecule has 0 aliphatic carbocycles. The summed E-state index contributed by atoms with van der Waals surface area (Å²) in [7, 11) is 0. The van der Waals surface area contributed by atoms with Gasteiger partial charge in [0.25, 0.3) is 5.91 Å². The fourth-order valence-corrected chi connectivity index (χ4v) is 3.83. The van der Waals surface area contributed by atoms with Crippen molar-refractivity contribution >= 4 is 45.0 Å². The molecule has 1 N–H and O–H groups in total. The molecule has 0 atom stereocenters. The Morgan fingerprint density at radius 2 is 2.14 bits per heavy atom. The van der Waals surface area contributed by atoms with Crippen molar-refractivity contribution in [2.75, 3.05) is 5.32 Å².